The molecule has 0 bridgehead atoms. The highest BCUT2D eigenvalue weighted by molar-refractivity contribution is 5.47. The number of benzene rings is 3. The predicted octanol–water partition coefficient (Wildman–Crippen LogP) is 10.6. The van der Waals surface area contributed by atoms with Crippen molar-refractivity contribution in [1.82, 2.24) is 0 Å². The Labute approximate surface area is 312 Å². The average Bonchev–Trinajstić information content (AvgIpc) is 3.66. The molecule has 1 N–H and O–H groups in total. The SMILES string of the molecule is COc1cc2c(cc1C)CCC1C2CC[C@@]2(C)C1CC[C@@H]2O.COc1cc2c(cc1C)CCC1C2CC[C@@]2(C)C1CC[C@H]2OOCc1ccccc1. The third kappa shape index (κ3) is 6.21. The summed E-state index contributed by atoms with van der Waals surface area (Å²) in [7, 11) is 3.57. The van der Waals surface area contributed by atoms with Crippen molar-refractivity contribution >= 4 is 0 Å². The summed E-state index contributed by atoms with van der Waals surface area (Å²) in [6, 6.07) is 19.7. The van der Waals surface area contributed by atoms with Crippen LogP contribution in [0.15, 0.2) is 54.6 Å². The van der Waals surface area contributed by atoms with Crippen LogP contribution in [0.25, 0.3) is 0 Å². The zero-order chi connectivity index (χ0) is 36.2. The van der Waals surface area contributed by atoms with Gasteiger partial charge in [-0.3, -0.25) is 0 Å². The van der Waals surface area contributed by atoms with Crippen LogP contribution in [0.5, 0.6) is 11.5 Å². The largest absolute Gasteiger partial charge is 0.496 e. The van der Waals surface area contributed by atoms with E-state index in [1.807, 2.05) is 18.2 Å². The van der Waals surface area contributed by atoms with Crippen molar-refractivity contribution in [2.45, 2.75) is 135 Å². The quantitative estimate of drug-likeness (QED) is 0.204. The Morgan fingerprint density at radius 3 is 1.77 bits per heavy atom. The maximum absolute atomic E-state index is 10.5. The smallest absolute Gasteiger partial charge is 0.122 e. The maximum Gasteiger partial charge on any atom is 0.122 e. The molecule has 3 aromatic carbocycles. The molecule has 0 aliphatic heterocycles. The van der Waals surface area contributed by atoms with Gasteiger partial charge in [0.2, 0.25) is 0 Å². The number of fused-ring (bicyclic) bond motifs is 10. The molecule has 52 heavy (non-hydrogen) atoms. The molecule has 10 atom stereocenters. The molecule has 0 aromatic heterocycles. The highest BCUT2D eigenvalue weighted by Crippen LogP contribution is 2.63. The molecule has 280 valence electrons. The molecule has 4 saturated carbocycles. The van der Waals surface area contributed by atoms with Crippen LogP contribution in [-0.2, 0) is 29.2 Å². The first kappa shape index (κ1) is 36.1. The fourth-order valence-electron chi connectivity index (χ4n) is 12.7. The molecule has 5 nitrogen and oxygen atoms in total. The van der Waals surface area contributed by atoms with Crippen LogP contribution in [0.2, 0.25) is 0 Å². The van der Waals surface area contributed by atoms with Gasteiger partial charge in [-0.1, -0.05) is 56.3 Å². The van der Waals surface area contributed by atoms with E-state index in [-0.39, 0.29) is 23.0 Å². The first-order valence-corrected chi connectivity index (χ1v) is 20.5. The first-order chi connectivity index (χ1) is 25.1. The van der Waals surface area contributed by atoms with Gasteiger partial charge in [0, 0.05) is 5.41 Å². The first-order valence-electron chi connectivity index (χ1n) is 20.5. The third-order valence-electron chi connectivity index (χ3n) is 15.6. The summed E-state index contributed by atoms with van der Waals surface area (Å²) in [5.41, 5.74) is 10.3. The number of hydrogen-bond acceptors (Lipinski definition) is 5. The van der Waals surface area contributed by atoms with Gasteiger partial charge in [-0.05, 0) is 183 Å². The van der Waals surface area contributed by atoms with Crippen LogP contribution < -0.4 is 9.47 Å². The zero-order valence-corrected chi connectivity index (χ0v) is 32.6. The van der Waals surface area contributed by atoms with Gasteiger partial charge in [-0.25, -0.2) is 9.78 Å². The van der Waals surface area contributed by atoms with Gasteiger partial charge in [0.25, 0.3) is 0 Å². The fourth-order valence-corrected chi connectivity index (χ4v) is 12.7. The summed E-state index contributed by atoms with van der Waals surface area (Å²) in [6.07, 6.45) is 14.6. The summed E-state index contributed by atoms with van der Waals surface area (Å²) in [6.45, 7) is 9.64. The van der Waals surface area contributed by atoms with Gasteiger partial charge in [0.15, 0.2) is 0 Å². The van der Waals surface area contributed by atoms with E-state index >= 15 is 0 Å². The number of hydrogen-bond donors (Lipinski definition) is 1. The molecule has 9 rings (SSSR count). The number of ether oxygens (including phenoxy) is 2. The Bertz CT molecular complexity index is 1740. The maximum atomic E-state index is 10.5. The minimum atomic E-state index is -0.0765. The normalized spacial score (nSPS) is 35.4. The third-order valence-corrected chi connectivity index (χ3v) is 15.6. The van der Waals surface area contributed by atoms with Crippen molar-refractivity contribution in [1.29, 1.82) is 0 Å². The van der Waals surface area contributed by atoms with E-state index in [1.165, 1.54) is 75.3 Å². The van der Waals surface area contributed by atoms with Gasteiger partial charge in [0.1, 0.15) is 18.1 Å². The fraction of sp³-hybridized carbons (Fsp3) is 0.617. The molecule has 6 unspecified atom stereocenters. The highest BCUT2D eigenvalue weighted by Gasteiger charge is 2.56. The van der Waals surface area contributed by atoms with E-state index in [0.29, 0.717) is 24.4 Å². The summed E-state index contributed by atoms with van der Waals surface area (Å²) < 4.78 is 11.2. The lowest BCUT2D eigenvalue weighted by Crippen LogP contribution is -2.44. The van der Waals surface area contributed by atoms with E-state index < -0.39 is 0 Å². The second kappa shape index (κ2) is 14.4. The second-order valence-corrected chi connectivity index (χ2v) is 18.0. The molecule has 0 saturated heterocycles. The Hall–Kier alpha value is -2.86. The second-order valence-electron chi connectivity index (χ2n) is 18.0. The summed E-state index contributed by atoms with van der Waals surface area (Å²) in [5, 5.41) is 10.5. The van der Waals surface area contributed by atoms with Gasteiger partial charge in [0.05, 0.1) is 26.4 Å². The van der Waals surface area contributed by atoms with Crippen molar-refractivity contribution in [2.75, 3.05) is 14.2 Å². The summed E-state index contributed by atoms with van der Waals surface area (Å²) in [4.78, 5) is 11.8. The molecular weight excluding hydrogens is 645 g/mol. The van der Waals surface area contributed by atoms with Crippen molar-refractivity contribution < 1.29 is 24.4 Å². The lowest BCUT2D eigenvalue weighted by molar-refractivity contribution is -0.351. The minimum Gasteiger partial charge on any atom is -0.496 e. The number of aliphatic hydroxyl groups is 1. The van der Waals surface area contributed by atoms with E-state index in [4.69, 9.17) is 19.2 Å². The summed E-state index contributed by atoms with van der Waals surface area (Å²) >= 11 is 0. The molecule has 0 amide bonds. The summed E-state index contributed by atoms with van der Waals surface area (Å²) in [5.74, 6) is 6.39. The Morgan fingerprint density at radius 2 is 1.19 bits per heavy atom. The van der Waals surface area contributed by atoms with E-state index in [2.05, 4.69) is 64.1 Å². The minimum absolute atomic E-state index is 0.0765. The predicted molar refractivity (Wildman–Crippen MR) is 207 cm³/mol. The van der Waals surface area contributed by atoms with Crippen LogP contribution >= 0.6 is 0 Å². The number of aliphatic hydroxyl groups excluding tert-OH is 1. The zero-order valence-electron chi connectivity index (χ0n) is 32.6. The lowest BCUT2D eigenvalue weighted by Gasteiger charge is -2.50. The van der Waals surface area contributed by atoms with Crippen molar-refractivity contribution in [2.24, 2.45) is 34.5 Å². The van der Waals surface area contributed by atoms with Crippen LogP contribution in [0.4, 0.5) is 0 Å². The van der Waals surface area contributed by atoms with Crippen molar-refractivity contribution in [3.8, 4) is 11.5 Å². The molecule has 0 spiro atoms. The Balaban J connectivity index is 0.000000156. The van der Waals surface area contributed by atoms with Crippen LogP contribution in [0.1, 0.15) is 129 Å². The standard InChI is InChI=1S/C27H34O3.C20H28O2/c1-18-15-20-9-10-22-21(23(20)16-25(18)28-3)13-14-27(2)24(22)11-12-26(27)30-29-17-19-7-5-4-6-8-19;1-12-10-13-4-5-15-14(16(13)11-18(12)22-3)8-9-20(2)17(15)6-7-19(20)21/h4-8,15-16,21-22,24,26H,9-14,17H2,1-3H3;10-11,14-15,17,19,21H,4-9H2,1-3H3/t21?,22?,24?,26-,27+;14?,15?,17?,19-,20-/m10/s1. The van der Waals surface area contributed by atoms with Crippen LogP contribution in [0.3, 0.4) is 0 Å². The molecule has 4 fully saturated rings. The molecule has 3 aromatic rings. The van der Waals surface area contributed by atoms with Gasteiger partial charge in [-0.2, -0.15) is 0 Å². The van der Waals surface area contributed by atoms with Crippen molar-refractivity contribution in [3.63, 3.8) is 0 Å². The molecule has 6 aliphatic rings. The number of methoxy groups -OCH3 is 2. The monoisotopic (exact) mass is 706 g/mol. The Kier molecular flexibility index (Phi) is 10.0. The molecule has 6 aliphatic carbocycles. The van der Waals surface area contributed by atoms with Gasteiger partial charge >= 0.3 is 0 Å². The lowest BCUT2D eigenvalue weighted by atomic mass is 9.55. The molecule has 5 heteroatoms. The van der Waals surface area contributed by atoms with Gasteiger partial charge < -0.3 is 14.6 Å². The molecule has 0 radical (unpaired) electrons. The topological polar surface area (TPSA) is 57.2 Å². The van der Waals surface area contributed by atoms with Crippen LogP contribution in [-0.4, -0.2) is 31.5 Å². The van der Waals surface area contributed by atoms with E-state index in [0.717, 1.165) is 47.7 Å². The van der Waals surface area contributed by atoms with Crippen molar-refractivity contribution in [3.05, 3.63) is 93.5 Å². The van der Waals surface area contributed by atoms with E-state index in [1.54, 1.807) is 36.5 Å². The number of rotatable bonds is 6. The highest BCUT2D eigenvalue weighted by atomic mass is 17.2. The molecule has 0 heterocycles. The van der Waals surface area contributed by atoms with Crippen LogP contribution in [0, 0.1) is 48.3 Å². The Morgan fingerprint density at radius 1 is 0.654 bits per heavy atom. The van der Waals surface area contributed by atoms with Gasteiger partial charge in [-0.15, -0.1) is 0 Å². The average molecular weight is 707 g/mol. The van der Waals surface area contributed by atoms with E-state index in [9.17, 15) is 5.11 Å². The molecular formula is C47H62O5. The number of aryl methyl sites for hydroxylation is 4.